The van der Waals surface area contributed by atoms with Gasteiger partial charge in [0.15, 0.2) is 5.96 Å². The molecule has 1 aromatic rings. The van der Waals surface area contributed by atoms with Crippen LogP contribution in [0.2, 0.25) is 0 Å². The number of hydrogen-bond acceptors (Lipinski definition) is 3. The second kappa shape index (κ2) is 11.1. The highest BCUT2D eigenvalue weighted by molar-refractivity contribution is 14.0. The van der Waals surface area contributed by atoms with Gasteiger partial charge in [-0.1, -0.05) is 24.3 Å². The van der Waals surface area contributed by atoms with Gasteiger partial charge in [-0.15, -0.1) is 24.0 Å². The van der Waals surface area contributed by atoms with Crippen LogP contribution in [-0.2, 0) is 22.3 Å². The van der Waals surface area contributed by atoms with Crippen molar-refractivity contribution in [2.75, 3.05) is 19.6 Å². The number of benzene rings is 1. The fraction of sp³-hybridized carbons (Fsp3) is 0.611. The molecule has 1 heterocycles. The lowest BCUT2D eigenvalue weighted by Gasteiger charge is -2.21. The molecule has 6 nitrogen and oxygen atoms in total. The number of rotatable bonds is 7. The number of halogens is 1. The smallest absolute Gasteiger partial charge is 0.216 e. The molecule has 8 heteroatoms. The molecular formula is C18H31IN4O2S. The third-order valence-electron chi connectivity index (χ3n) is 4.02. The minimum atomic E-state index is -3.35. The number of nitrogens with zero attached hydrogens (tertiary/aromatic N) is 2. The zero-order chi connectivity index (χ0) is 18.3. The van der Waals surface area contributed by atoms with Gasteiger partial charge >= 0.3 is 0 Å². The SMILES string of the molecule is CCNC(=NCc1ccccc1CS(=O)(=O)NC(C)C)N1CCCC1.I. The van der Waals surface area contributed by atoms with E-state index in [2.05, 4.69) is 21.9 Å². The summed E-state index contributed by atoms with van der Waals surface area (Å²) >= 11 is 0. The molecule has 0 radical (unpaired) electrons. The first kappa shape index (κ1) is 23.2. The lowest BCUT2D eigenvalue weighted by molar-refractivity contribution is 0.493. The van der Waals surface area contributed by atoms with Crippen LogP contribution >= 0.6 is 24.0 Å². The van der Waals surface area contributed by atoms with Gasteiger partial charge in [-0.2, -0.15) is 0 Å². The summed E-state index contributed by atoms with van der Waals surface area (Å²) in [5, 5.41) is 3.33. The predicted molar refractivity (Wildman–Crippen MR) is 118 cm³/mol. The van der Waals surface area contributed by atoms with Crippen LogP contribution in [0.4, 0.5) is 0 Å². The first-order chi connectivity index (χ1) is 11.9. The predicted octanol–water partition coefficient (Wildman–Crippen LogP) is 2.69. The van der Waals surface area contributed by atoms with Crippen LogP contribution in [0.5, 0.6) is 0 Å². The number of guanidine groups is 1. The molecule has 0 amide bonds. The van der Waals surface area contributed by atoms with Crippen molar-refractivity contribution in [2.24, 2.45) is 4.99 Å². The third kappa shape index (κ3) is 7.40. The van der Waals surface area contributed by atoms with Crippen molar-refractivity contribution in [2.45, 2.75) is 52.0 Å². The first-order valence-electron chi connectivity index (χ1n) is 9.01. The Balaban J connectivity index is 0.00000338. The normalized spacial score (nSPS) is 15.2. The highest BCUT2D eigenvalue weighted by atomic mass is 127. The van der Waals surface area contributed by atoms with E-state index in [0.29, 0.717) is 6.54 Å². The highest BCUT2D eigenvalue weighted by Gasteiger charge is 2.17. The van der Waals surface area contributed by atoms with E-state index in [-0.39, 0.29) is 35.8 Å². The fourth-order valence-electron chi connectivity index (χ4n) is 2.97. The summed E-state index contributed by atoms with van der Waals surface area (Å²) in [6.45, 7) is 9.07. The van der Waals surface area contributed by atoms with Crippen molar-refractivity contribution in [3.05, 3.63) is 35.4 Å². The number of aliphatic imine (C=N–C) groups is 1. The fourth-order valence-corrected chi connectivity index (χ4v) is 4.47. The molecule has 2 rings (SSSR count). The molecule has 148 valence electrons. The van der Waals surface area contributed by atoms with Gasteiger partial charge in [-0.05, 0) is 44.7 Å². The van der Waals surface area contributed by atoms with Crippen LogP contribution in [-0.4, -0.2) is 45.0 Å². The average Bonchev–Trinajstić information content (AvgIpc) is 3.05. The summed E-state index contributed by atoms with van der Waals surface area (Å²) < 4.78 is 27.1. The summed E-state index contributed by atoms with van der Waals surface area (Å²) in [6.07, 6.45) is 2.39. The third-order valence-corrected chi connectivity index (χ3v) is 5.54. The molecule has 1 aliphatic heterocycles. The van der Waals surface area contributed by atoms with Gasteiger partial charge in [-0.25, -0.2) is 18.1 Å². The van der Waals surface area contributed by atoms with Crippen molar-refractivity contribution in [1.82, 2.24) is 14.9 Å². The Morgan fingerprint density at radius 2 is 1.81 bits per heavy atom. The van der Waals surface area contributed by atoms with E-state index < -0.39 is 10.0 Å². The molecule has 0 bridgehead atoms. The van der Waals surface area contributed by atoms with Crippen LogP contribution in [0.3, 0.4) is 0 Å². The van der Waals surface area contributed by atoms with Crippen molar-refractivity contribution in [3.8, 4) is 0 Å². The monoisotopic (exact) mass is 494 g/mol. The van der Waals surface area contributed by atoms with E-state index in [1.54, 1.807) is 0 Å². The van der Waals surface area contributed by atoms with E-state index in [1.165, 1.54) is 12.8 Å². The number of nitrogens with one attached hydrogen (secondary N) is 2. The van der Waals surface area contributed by atoms with Crippen molar-refractivity contribution < 1.29 is 8.42 Å². The van der Waals surface area contributed by atoms with Crippen LogP contribution in [0.15, 0.2) is 29.3 Å². The summed E-state index contributed by atoms with van der Waals surface area (Å²) in [5.74, 6) is 0.898. The van der Waals surface area contributed by atoms with Gasteiger partial charge in [0.2, 0.25) is 10.0 Å². The van der Waals surface area contributed by atoms with E-state index in [0.717, 1.165) is 36.7 Å². The maximum Gasteiger partial charge on any atom is 0.216 e. The number of likely N-dealkylation sites (tertiary alicyclic amines) is 1. The minimum absolute atomic E-state index is 0. The zero-order valence-corrected chi connectivity index (χ0v) is 19.0. The van der Waals surface area contributed by atoms with Crippen molar-refractivity contribution in [1.29, 1.82) is 0 Å². The maximum atomic E-state index is 12.2. The molecule has 26 heavy (non-hydrogen) atoms. The Kier molecular flexibility index (Phi) is 9.88. The quantitative estimate of drug-likeness (QED) is 0.348. The summed E-state index contributed by atoms with van der Waals surface area (Å²) in [5.41, 5.74) is 1.75. The molecular weight excluding hydrogens is 463 g/mol. The molecule has 0 aromatic heterocycles. The Bertz CT molecular complexity index is 686. The topological polar surface area (TPSA) is 73.8 Å². The van der Waals surface area contributed by atoms with Gasteiger partial charge in [0.05, 0.1) is 12.3 Å². The average molecular weight is 494 g/mol. The molecule has 0 atom stereocenters. The summed E-state index contributed by atoms with van der Waals surface area (Å²) in [7, 11) is -3.35. The molecule has 1 saturated heterocycles. The Morgan fingerprint density at radius 1 is 1.19 bits per heavy atom. The van der Waals surface area contributed by atoms with Crippen LogP contribution < -0.4 is 10.0 Å². The minimum Gasteiger partial charge on any atom is -0.357 e. The molecule has 1 aromatic carbocycles. The van der Waals surface area contributed by atoms with Crippen molar-refractivity contribution >= 4 is 40.0 Å². The van der Waals surface area contributed by atoms with Gasteiger partial charge in [0.25, 0.3) is 0 Å². The molecule has 0 spiro atoms. The van der Waals surface area contributed by atoms with Crippen LogP contribution in [0, 0.1) is 0 Å². The molecule has 0 unspecified atom stereocenters. The van der Waals surface area contributed by atoms with E-state index in [9.17, 15) is 8.42 Å². The van der Waals surface area contributed by atoms with Gasteiger partial charge < -0.3 is 10.2 Å². The lowest BCUT2D eigenvalue weighted by atomic mass is 10.1. The second-order valence-electron chi connectivity index (χ2n) is 6.66. The van der Waals surface area contributed by atoms with E-state index in [1.807, 2.05) is 38.1 Å². The summed E-state index contributed by atoms with van der Waals surface area (Å²) in [6, 6.07) is 7.52. The molecule has 0 aliphatic carbocycles. The Morgan fingerprint density at radius 3 is 2.38 bits per heavy atom. The van der Waals surface area contributed by atoms with Crippen LogP contribution in [0.25, 0.3) is 0 Å². The molecule has 0 saturated carbocycles. The molecule has 1 aliphatic rings. The Hall–Kier alpha value is -0.870. The van der Waals surface area contributed by atoms with Gasteiger partial charge in [0.1, 0.15) is 0 Å². The van der Waals surface area contributed by atoms with E-state index >= 15 is 0 Å². The lowest BCUT2D eigenvalue weighted by Crippen LogP contribution is -2.39. The van der Waals surface area contributed by atoms with E-state index in [4.69, 9.17) is 4.99 Å². The largest absolute Gasteiger partial charge is 0.357 e. The zero-order valence-electron chi connectivity index (χ0n) is 15.9. The number of hydrogen-bond donors (Lipinski definition) is 2. The summed E-state index contributed by atoms with van der Waals surface area (Å²) in [4.78, 5) is 7.00. The van der Waals surface area contributed by atoms with Gasteiger partial charge in [0, 0.05) is 25.7 Å². The number of sulfonamides is 1. The standard InChI is InChI=1S/C18H30N4O2S.HI/c1-4-19-18(22-11-7-8-12-22)20-13-16-9-5-6-10-17(16)14-25(23,24)21-15(2)3;/h5-6,9-10,15,21H,4,7-8,11-14H2,1-3H3,(H,19,20);1H. The second-order valence-corrected chi connectivity index (χ2v) is 8.42. The molecule has 2 N–H and O–H groups in total. The molecule has 1 fully saturated rings. The Labute approximate surface area is 174 Å². The highest BCUT2D eigenvalue weighted by Crippen LogP contribution is 2.15. The van der Waals surface area contributed by atoms with Gasteiger partial charge in [-0.3, -0.25) is 0 Å². The first-order valence-corrected chi connectivity index (χ1v) is 10.7. The van der Waals surface area contributed by atoms with Crippen LogP contribution in [0.1, 0.15) is 44.7 Å². The van der Waals surface area contributed by atoms with Crippen molar-refractivity contribution in [3.63, 3.8) is 0 Å². The maximum absolute atomic E-state index is 12.2.